The van der Waals surface area contributed by atoms with Gasteiger partial charge in [-0.3, -0.25) is 0 Å². The van der Waals surface area contributed by atoms with Gasteiger partial charge >= 0.3 is 0 Å². The van der Waals surface area contributed by atoms with Gasteiger partial charge in [-0.25, -0.2) is 0 Å². The minimum atomic E-state index is 0.144. The molecule has 0 aliphatic rings. The summed E-state index contributed by atoms with van der Waals surface area (Å²) in [5.41, 5.74) is 1.11. The topological polar surface area (TPSA) is 29.5 Å². The van der Waals surface area contributed by atoms with Gasteiger partial charge in [0.1, 0.15) is 5.75 Å². The van der Waals surface area contributed by atoms with Crippen molar-refractivity contribution in [3.8, 4) is 5.75 Å². The molecule has 2 heteroatoms. The minimum Gasteiger partial charge on any atom is -0.508 e. The van der Waals surface area contributed by atoms with Crippen molar-refractivity contribution in [2.24, 2.45) is 0 Å². The van der Waals surface area contributed by atoms with Crippen LogP contribution in [0.4, 0.5) is 0 Å². The van der Waals surface area contributed by atoms with Crippen molar-refractivity contribution in [1.29, 1.82) is 0 Å². The first-order chi connectivity index (χ1) is 5.77. The summed E-state index contributed by atoms with van der Waals surface area (Å²) in [7, 11) is 1.70. The van der Waals surface area contributed by atoms with Crippen LogP contribution >= 0.6 is 0 Å². The molecule has 12 heavy (non-hydrogen) atoms. The van der Waals surface area contributed by atoms with Crippen LogP contribution in [0, 0.1) is 0 Å². The van der Waals surface area contributed by atoms with Gasteiger partial charge in [0.05, 0.1) is 6.10 Å². The molecule has 0 aliphatic heterocycles. The maximum atomic E-state index is 9.04. The third kappa shape index (κ3) is 1.98. The number of ether oxygens (including phenoxy) is 1. The summed E-state index contributed by atoms with van der Waals surface area (Å²) in [5.74, 6) is 0.296. The van der Waals surface area contributed by atoms with Gasteiger partial charge in [-0.2, -0.15) is 0 Å². The van der Waals surface area contributed by atoms with Gasteiger partial charge in [0, 0.05) is 7.11 Å². The van der Waals surface area contributed by atoms with Gasteiger partial charge in [0.25, 0.3) is 0 Å². The van der Waals surface area contributed by atoms with Gasteiger partial charge < -0.3 is 9.84 Å². The molecule has 0 amide bonds. The molecule has 0 bridgehead atoms. The molecule has 0 aliphatic carbocycles. The molecule has 1 aromatic rings. The van der Waals surface area contributed by atoms with E-state index in [0.29, 0.717) is 5.75 Å². The maximum absolute atomic E-state index is 9.04. The van der Waals surface area contributed by atoms with E-state index in [9.17, 15) is 0 Å². The van der Waals surface area contributed by atoms with Crippen LogP contribution in [0.2, 0.25) is 0 Å². The summed E-state index contributed by atoms with van der Waals surface area (Å²) in [5, 5.41) is 9.04. The van der Waals surface area contributed by atoms with E-state index in [0.717, 1.165) is 12.0 Å². The van der Waals surface area contributed by atoms with Crippen LogP contribution in [0.5, 0.6) is 5.75 Å². The Balaban J connectivity index is 2.80. The molecule has 1 rings (SSSR count). The second-order valence-corrected chi connectivity index (χ2v) is 2.72. The average molecular weight is 166 g/mol. The molecule has 66 valence electrons. The van der Waals surface area contributed by atoms with Gasteiger partial charge in [0.15, 0.2) is 0 Å². The maximum Gasteiger partial charge on any atom is 0.115 e. The predicted molar refractivity (Wildman–Crippen MR) is 48.1 cm³/mol. The Labute approximate surface area is 72.8 Å². The lowest BCUT2D eigenvalue weighted by molar-refractivity contribution is 0.1000. The fourth-order valence-corrected chi connectivity index (χ4v) is 1.23. The van der Waals surface area contributed by atoms with Gasteiger partial charge in [-0.05, 0) is 24.1 Å². The molecule has 1 aromatic carbocycles. The number of hydrogen-bond donors (Lipinski definition) is 1. The van der Waals surface area contributed by atoms with Crippen molar-refractivity contribution in [2.45, 2.75) is 19.4 Å². The Hall–Kier alpha value is -1.02. The molecule has 2 nitrogen and oxygen atoms in total. The number of aromatic hydroxyl groups is 1. The normalized spacial score (nSPS) is 12.8. The molecule has 1 unspecified atom stereocenters. The van der Waals surface area contributed by atoms with Crippen molar-refractivity contribution >= 4 is 0 Å². The summed E-state index contributed by atoms with van der Waals surface area (Å²) >= 11 is 0. The minimum absolute atomic E-state index is 0.144. The summed E-state index contributed by atoms with van der Waals surface area (Å²) in [4.78, 5) is 0. The Kier molecular flexibility index (Phi) is 3.11. The van der Waals surface area contributed by atoms with E-state index >= 15 is 0 Å². The number of phenolic OH excluding ortho intramolecular Hbond substituents is 1. The third-order valence-electron chi connectivity index (χ3n) is 1.92. The predicted octanol–water partition coefficient (Wildman–Crippen LogP) is 2.49. The molecule has 1 N–H and O–H groups in total. The lowest BCUT2D eigenvalue weighted by Gasteiger charge is -2.12. The number of rotatable bonds is 3. The van der Waals surface area contributed by atoms with Crippen molar-refractivity contribution in [3.63, 3.8) is 0 Å². The molecule has 0 saturated heterocycles. The van der Waals surface area contributed by atoms with Crippen molar-refractivity contribution in [3.05, 3.63) is 29.8 Å². The van der Waals surface area contributed by atoms with Crippen LogP contribution in [0.25, 0.3) is 0 Å². The zero-order chi connectivity index (χ0) is 8.97. The highest BCUT2D eigenvalue weighted by Crippen LogP contribution is 2.21. The lowest BCUT2D eigenvalue weighted by atomic mass is 10.1. The molecule has 0 spiro atoms. The van der Waals surface area contributed by atoms with Crippen LogP contribution in [0.1, 0.15) is 25.0 Å². The monoisotopic (exact) mass is 166 g/mol. The van der Waals surface area contributed by atoms with E-state index in [1.165, 1.54) is 0 Å². The largest absolute Gasteiger partial charge is 0.508 e. The first kappa shape index (κ1) is 9.07. The second kappa shape index (κ2) is 4.12. The fraction of sp³-hybridized carbons (Fsp3) is 0.400. The van der Waals surface area contributed by atoms with E-state index in [1.807, 2.05) is 12.1 Å². The molecule has 0 saturated carbocycles. The first-order valence-electron chi connectivity index (χ1n) is 4.09. The Morgan fingerprint density at radius 1 is 1.33 bits per heavy atom. The van der Waals surface area contributed by atoms with Crippen LogP contribution in [0.3, 0.4) is 0 Å². The second-order valence-electron chi connectivity index (χ2n) is 2.72. The summed E-state index contributed by atoms with van der Waals surface area (Å²) in [6.45, 7) is 2.07. The molecular weight excluding hydrogens is 152 g/mol. The number of phenols is 1. The highest BCUT2D eigenvalue weighted by Gasteiger charge is 2.06. The molecule has 1 atom stereocenters. The standard InChI is InChI=1S/C10H14O2/c1-3-10(12-2)8-4-6-9(11)7-5-8/h4-7,10-11H,3H2,1-2H3. The first-order valence-corrected chi connectivity index (χ1v) is 4.09. The molecule has 0 heterocycles. The van der Waals surface area contributed by atoms with Crippen LogP contribution < -0.4 is 0 Å². The number of methoxy groups -OCH3 is 1. The van der Waals surface area contributed by atoms with Crippen molar-refractivity contribution in [1.82, 2.24) is 0 Å². The van der Waals surface area contributed by atoms with Gasteiger partial charge in [-0.15, -0.1) is 0 Å². The summed E-state index contributed by atoms with van der Waals surface area (Å²) < 4.78 is 5.24. The Morgan fingerprint density at radius 3 is 2.33 bits per heavy atom. The molecular formula is C10H14O2. The Morgan fingerprint density at radius 2 is 1.92 bits per heavy atom. The van der Waals surface area contributed by atoms with E-state index in [-0.39, 0.29) is 6.10 Å². The molecule has 0 fully saturated rings. The number of benzene rings is 1. The van der Waals surface area contributed by atoms with Crippen LogP contribution in [-0.4, -0.2) is 12.2 Å². The third-order valence-corrected chi connectivity index (χ3v) is 1.92. The lowest BCUT2D eigenvalue weighted by Crippen LogP contribution is -1.98. The SMILES string of the molecule is CCC(OC)c1ccc(O)cc1. The zero-order valence-corrected chi connectivity index (χ0v) is 7.45. The van der Waals surface area contributed by atoms with Gasteiger partial charge in [-0.1, -0.05) is 19.1 Å². The molecule has 0 aromatic heterocycles. The highest BCUT2D eigenvalue weighted by atomic mass is 16.5. The molecule has 0 radical (unpaired) electrons. The van der Waals surface area contributed by atoms with Crippen molar-refractivity contribution < 1.29 is 9.84 Å². The van der Waals surface area contributed by atoms with Crippen LogP contribution in [0.15, 0.2) is 24.3 Å². The zero-order valence-electron chi connectivity index (χ0n) is 7.45. The Bertz CT molecular complexity index is 224. The van der Waals surface area contributed by atoms with E-state index in [2.05, 4.69) is 6.92 Å². The fourth-order valence-electron chi connectivity index (χ4n) is 1.23. The smallest absolute Gasteiger partial charge is 0.115 e. The number of hydrogen-bond acceptors (Lipinski definition) is 2. The van der Waals surface area contributed by atoms with E-state index in [4.69, 9.17) is 9.84 Å². The highest BCUT2D eigenvalue weighted by molar-refractivity contribution is 5.27. The average Bonchev–Trinajstić information content (AvgIpc) is 2.10. The van der Waals surface area contributed by atoms with E-state index in [1.54, 1.807) is 19.2 Å². The quantitative estimate of drug-likeness (QED) is 0.747. The van der Waals surface area contributed by atoms with E-state index < -0.39 is 0 Å². The summed E-state index contributed by atoms with van der Waals surface area (Å²) in [6.07, 6.45) is 1.09. The van der Waals surface area contributed by atoms with Crippen LogP contribution in [-0.2, 0) is 4.74 Å². The van der Waals surface area contributed by atoms with Gasteiger partial charge in [0.2, 0.25) is 0 Å². The van der Waals surface area contributed by atoms with Crippen molar-refractivity contribution in [2.75, 3.05) is 7.11 Å². The summed E-state index contributed by atoms with van der Waals surface area (Å²) in [6, 6.07) is 7.12.